The Balaban J connectivity index is 0.00000392. The first kappa shape index (κ1) is 24.3. The molecule has 0 amide bonds. The molecule has 2 aromatic rings. The van der Waals surface area contributed by atoms with Gasteiger partial charge in [0.1, 0.15) is 16.5 Å². The number of methoxy groups -OCH3 is 1. The van der Waals surface area contributed by atoms with Gasteiger partial charge in [-0.25, -0.2) is 9.98 Å². The van der Waals surface area contributed by atoms with Crippen LogP contribution in [0.3, 0.4) is 0 Å². The fourth-order valence-electron chi connectivity index (χ4n) is 2.28. The van der Waals surface area contributed by atoms with Gasteiger partial charge >= 0.3 is 6.61 Å². The van der Waals surface area contributed by atoms with E-state index >= 15 is 0 Å². The number of halogens is 3. The van der Waals surface area contributed by atoms with Crippen LogP contribution in [0.2, 0.25) is 0 Å². The van der Waals surface area contributed by atoms with Gasteiger partial charge < -0.3 is 20.1 Å². The van der Waals surface area contributed by atoms with E-state index in [1.807, 2.05) is 20.8 Å². The number of aryl methyl sites for hydroxylation is 2. The molecule has 0 atom stereocenters. The first-order valence-electron chi connectivity index (χ1n) is 8.49. The lowest BCUT2D eigenvalue weighted by molar-refractivity contribution is -0.0505. The van der Waals surface area contributed by atoms with E-state index in [9.17, 15) is 8.78 Å². The zero-order chi connectivity index (χ0) is 19.8. The zero-order valence-electron chi connectivity index (χ0n) is 16.2. The predicted molar refractivity (Wildman–Crippen MR) is 118 cm³/mol. The third-order valence-electron chi connectivity index (χ3n) is 3.72. The number of hydrogen-bond acceptors (Lipinski definition) is 5. The van der Waals surface area contributed by atoms with Crippen LogP contribution in [-0.2, 0) is 13.1 Å². The molecule has 0 aliphatic heterocycles. The fraction of sp³-hybridized carbons (Fsp3) is 0.444. The van der Waals surface area contributed by atoms with E-state index in [2.05, 4.69) is 25.3 Å². The predicted octanol–water partition coefficient (Wildman–Crippen LogP) is 4.24. The molecular formula is C18H25F2IN4O2S. The molecule has 0 fully saturated rings. The fourth-order valence-corrected chi connectivity index (χ4v) is 3.15. The lowest BCUT2D eigenvalue weighted by Gasteiger charge is -2.13. The van der Waals surface area contributed by atoms with Crippen LogP contribution >= 0.6 is 35.3 Å². The summed E-state index contributed by atoms with van der Waals surface area (Å²) in [4.78, 5) is 10.1. The van der Waals surface area contributed by atoms with Crippen LogP contribution in [0.15, 0.2) is 23.2 Å². The molecule has 2 rings (SSSR count). The molecule has 156 valence electrons. The summed E-state index contributed by atoms with van der Waals surface area (Å²) in [5.41, 5.74) is 1.56. The van der Waals surface area contributed by atoms with Gasteiger partial charge in [-0.1, -0.05) is 0 Å². The Morgan fingerprint density at radius 3 is 2.61 bits per heavy atom. The zero-order valence-corrected chi connectivity index (χ0v) is 19.4. The van der Waals surface area contributed by atoms with E-state index in [0.717, 1.165) is 10.7 Å². The van der Waals surface area contributed by atoms with Crippen LogP contribution in [0.1, 0.15) is 28.1 Å². The normalized spacial score (nSPS) is 11.2. The second-order valence-corrected chi connectivity index (χ2v) is 6.94. The number of benzene rings is 1. The van der Waals surface area contributed by atoms with Crippen molar-refractivity contribution >= 4 is 41.3 Å². The van der Waals surface area contributed by atoms with Crippen LogP contribution < -0.4 is 20.1 Å². The van der Waals surface area contributed by atoms with Crippen molar-refractivity contribution in [2.75, 3.05) is 13.7 Å². The van der Waals surface area contributed by atoms with Crippen molar-refractivity contribution in [2.45, 2.75) is 40.5 Å². The van der Waals surface area contributed by atoms with Crippen molar-refractivity contribution in [3.8, 4) is 11.5 Å². The first-order valence-corrected chi connectivity index (χ1v) is 9.31. The molecule has 2 N–H and O–H groups in total. The van der Waals surface area contributed by atoms with Gasteiger partial charge in [0.25, 0.3) is 0 Å². The largest absolute Gasteiger partial charge is 0.497 e. The highest BCUT2D eigenvalue weighted by atomic mass is 127. The summed E-state index contributed by atoms with van der Waals surface area (Å²) in [6.45, 7) is 4.43. The summed E-state index contributed by atoms with van der Waals surface area (Å²) < 4.78 is 35.0. The van der Waals surface area contributed by atoms with Crippen molar-refractivity contribution in [3.63, 3.8) is 0 Å². The quantitative estimate of drug-likeness (QED) is 0.306. The van der Waals surface area contributed by atoms with E-state index < -0.39 is 6.61 Å². The molecule has 28 heavy (non-hydrogen) atoms. The van der Waals surface area contributed by atoms with E-state index in [4.69, 9.17) is 4.74 Å². The lowest BCUT2D eigenvalue weighted by atomic mass is 10.2. The highest BCUT2D eigenvalue weighted by Gasteiger charge is 2.12. The average molecular weight is 526 g/mol. The van der Waals surface area contributed by atoms with Crippen molar-refractivity contribution in [1.29, 1.82) is 0 Å². The van der Waals surface area contributed by atoms with Crippen molar-refractivity contribution in [2.24, 2.45) is 4.99 Å². The molecular weight excluding hydrogens is 501 g/mol. The summed E-state index contributed by atoms with van der Waals surface area (Å²) in [6, 6.07) is 4.78. The topological polar surface area (TPSA) is 67.8 Å². The summed E-state index contributed by atoms with van der Waals surface area (Å²) in [6.07, 6.45) is 0. The molecule has 0 aliphatic rings. The van der Waals surface area contributed by atoms with Gasteiger partial charge in [0, 0.05) is 23.1 Å². The highest BCUT2D eigenvalue weighted by Crippen LogP contribution is 2.27. The number of aromatic nitrogens is 1. The Bertz CT molecular complexity index is 767. The summed E-state index contributed by atoms with van der Waals surface area (Å²) in [5, 5.41) is 7.29. The number of ether oxygens (including phenoxy) is 2. The number of nitrogens with zero attached hydrogens (tertiary/aromatic N) is 2. The molecule has 0 spiro atoms. The molecule has 0 bridgehead atoms. The van der Waals surface area contributed by atoms with Gasteiger partial charge in [-0.3, -0.25) is 0 Å². The molecule has 0 saturated heterocycles. The molecule has 1 aromatic heterocycles. The molecule has 0 saturated carbocycles. The Kier molecular flexibility index (Phi) is 10.4. The smallest absolute Gasteiger partial charge is 0.387 e. The number of aliphatic imine (C=N–C) groups is 1. The molecule has 0 unspecified atom stereocenters. The second kappa shape index (κ2) is 12.0. The maximum Gasteiger partial charge on any atom is 0.387 e. The minimum absolute atomic E-state index is 0. The van der Waals surface area contributed by atoms with Crippen LogP contribution in [0, 0.1) is 13.8 Å². The molecule has 10 heteroatoms. The number of alkyl halides is 2. The number of nitrogens with one attached hydrogen (secondary N) is 2. The first-order chi connectivity index (χ1) is 12.9. The average Bonchev–Trinajstić information content (AvgIpc) is 2.95. The Morgan fingerprint density at radius 1 is 1.29 bits per heavy atom. The maximum absolute atomic E-state index is 12.7. The van der Waals surface area contributed by atoms with Crippen molar-refractivity contribution in [1.82, 2.24) is 15.6 Å². The van der Waals surface area contributed by atoms with Crippen LogP contribution in [0.4, 0.5) is 8.78 Å². The van der Waals surface area contributed by atoms with Crippen LogP contribution in [0.5, 0.6) is 11.5 Å². The third kappa shape index (κ3) is 7.38. The molecule has 6 nitrogen and oxygen atoms in total. The monoisotopic (exact) mass is 526 g/mol. The lowest BCUT2D eigenvalue weighted by Crippen LogP contribution is -2.36. The third-order valence-corrected chi connectivity index (χ3v) is 4.79. The summed E-state index contributed by atoms with van der Waals surface area (Å²) in [5.74, 6) is 1.06. The van der Waals surface area contributed by atoms with Gasteiger partial charge in [-0.05, 0) is 32.9 Å². The molecule has 1 heterocycles. The Labute approximate surface area is 184 Å². The minimum atomic E-state index is -2.91. The van der Waals surface area contributed by atoms with Gasteiger partial charge in [-0.15, -0.1) is 35.3 Å². The van der Waals surface area contributed by atoms with Gasteiger partial charge in [0.15, 0.2) is 5.96 Å². The van der Waals surface area contributed by atoms with Crippen LogP contribution in [0.25, 0.3) is 0 Å². The van der Waals surface area contributed by atoms with Gasteiger partial charge in [0.2, 0.25) is 0 Å². The number of rotatable bonds is 8. The van der Waals surface area contributed by atoms with Gasteiger partial charge in [0.05, 0.1) is 25.9 Å². The molecule has 1 aromatic carbocycles. The summed E-state index contributed by atoms with van der Waals surface area (Å²) >= 11 is 1.63. The van der Waals surface area contributed by atoms with E-state index in [-0.39, 0.29) is 36.3 Å². The highest BCUT2D eigenvalue weighted by molar-refractivity contribution is 14.0. The van der Waals surface area contributed by atoms with Crippen LogP contribution in [-0.4, -0.2) is 31.2 Å². The number of guanidine groups is 1. The SMILES string of the molecule is CCNC(=NCc1ccc(OC)cc1OC(F)F)NCc1nc(C)c(C)s1.I. The standard InChI is InChI=1S/C18H24F2N4O2S.HI/c1-5-21-18(23-10-16-24-11(2)12(3)27-16)22-9-13-6-7-14(25-4)8-15(13)26-17(19)20;/h6-8,17H,5,9-10H2,1-4H3,(H2,21,22,23);1H. The summed E-state index contributed by atoms with van der Waals surface area (Å²) in [7, 11) is 1.47. The van der Waals surface area contributed by atoms with Crippen molar-refractivity contribution in [3.05, 3.63) is 39.3 Å². The second-order valence-electron chi connectivity index (χ2n) is 5.65. The minimum Gasteiger partial charge on any atom is -0.497 e. The van der Waals surface area contributed by atoms with E-state index in [0.29, 0.717) is 30.4 Å². The molecule has 0 radical (unpaired) electrons. The van der Waals surface area contributed by atoms with E-state index in [1.54, 1.807) is 23.5 Å². The number of thiazole rings is 1. The van der Waals surface area contributed by atoms with Gasteiger partial charge in [-0.2, -0.15) is 8.78 Å². The maximum atomic E-state index is 12.7. The molecule has 0 aliphatic carbocycles. The van der Waals surface area contributed by atoms with E-state index in [1.165, 1.54) is 18.1 Å². The number of hydrogen-bond donors (Lipinski definition) is 2. The van der Waals surface area contributed by atoms with Crippen molar-refractivity contribution < 1.29 is 18.3 Å². The Hall–Kier alpha value is -1.69. The Morgan fingerprint density at radius 2 is 2.04 bits per heavy atom.